The Kier molecular flexibility index (Phi) is 3.77. The molecule has 0 saturated carbocycles. The molecule has 0 fully saturated rings. The Bertz CT molecular complexity index is 585. The number of fused-ring (bicyclic) bond motifs is 1. The third kappa shape index (κ3) is 2.78. The summed E-state index contributed by atoms with van der Waals surface area (Å²) in [5, 5.41) is 2.04. The highest BCUT2D eigenvalue weighted by atomic mass is 79.9. The lowest BCUT2D eigenvalue weighted by Crippen LogP contribution is -2.10. The van der Waals surface area contributed by atoms with Crippen molar-refractivity contribution < 1.29 is 9.47 Å². The van der Waals surface area contributed by atoms with Gasteiger partial charge in [0.05, 0.1) is 19.3 Å². The van der Waals surface area contributed by atoms with E-state index in [-0.39, 0.29) is 6.04 Å². The maximum atomic E-state index is 6.30. The average Bonchev–Trinajstić information content (AvgIpc) is 2.72. The predicted molar refractivity (Wildman–Crippen MR) is 80.1 cm³/mol. The van der Waals surface area contributed by atoms with Crippen LogP contribution in [0.4, 0.5) is 0 Å². The number of rotatable bonds is 2. The van der Waals surface area contributed by atoms with Crippen molar-refractivity contribution >= 4 is 27.3 Å². The molecule has 100 valence electrons. The summed E-state index contributed by atoms with van der Waals surface area (Å²) < 4.78 is 12.4. The first-order valence-corrected chi connectivity index (χ1v) is 7.80. The standard InChI is InChI=1S/C14H14BrNO2S/c15-10-7-13(19-8-10)14(16)9-2-3-11-12(6-9)18-5-1-4-17-11/h2-3,6-8,14H,1,4-5,16H2. The molecule has 3 rings (SSSR count). The molecule has 0 spiro atoms. The van der Waals surface area contributed by atoms with Crippen LogP contribution in [-0.2, 0) is 0 Å². The summed E-state index contributed by atoms with van der Waals surface area (Å²) in [5.41, 5.74) is 7.34. The summed E-state index contributed by atoms with van der Waals surface area (Å²) in [6, 6.07) is 7.86. The molecule has 19 heavy (non-hydrogen) atoms. The zero-order valence-electron chi connectivity index (χ0n) is 10.3. The molecule has 1 aromatic heterocycles. The molecule has 0 saturated heterocycles. The highest BCUT2D eigenvalue weighted by Gasteiger charge is 2.16. The smallest absolute Gasteiger partial charge is 0.161 e. The van der Waals surface area contributed by atoms with E-state index in [1.165, 1.54) is 0 Å². The molecule has 1 aliphatic heterocycles. The van der Waals surface area contributed by atoms with Crippen LogP contribution in [-0.4, -0.2) is 13.2 Å². The van der Waals surface area contributed by atoms with Crippen molar-refractivity contribution in [3.05, 3.63) is 44.6 Å². The van der Waals surface area contributed by atoms with Crippen LogP contribution in [0.5, 0.6) is 11.5 Å². The summed E-state index contributed by atoms with van der Waals surface area (Å²) in [6.07, 6.45) is 0.911. The highest BCUT2D eigenvalue weighted by molar-refractivity contribution is 9.10. The number of nitrogens with two attached hydrogens (primary N) is 1. The molecular weight excluding hydrogens is 326 g/mol. The van der Waals surface area contributed by atoms with E-state index in [2.05, 4.69) is 22.0 Å². The van der Waals surface area contributed by atoms with E-state index >= 15 is 0 Å². The maximum Gasteiger partial charge on any atom is 0.161 e. The predicted octanol–water partition coefficient (Wildman–Crippen LogP) is 3.72. The molecule has 1 aliphatic rings. The normalized spacial score (nSPS) is 15.9. The Morgan fingerprint density at radius 3 is 2.68 bits per heavy atom. The number of hydrogen-bond donors (Lipinski definition) is 1. The fraction of sp³-hybridized carbons (Fsp3) is 0.286. The van der Waals surface area contributed by atoms with Gasteiger partial charge in [-0.2, -0.15) is 0 Å². The van der Waals surface area contributed by atoms with Gasteiger partial charge >= 0.3 is 0 Å². The molecule has 0 radical (unpaired) electrons. The van der Waals surface area contributed by atoms with Crippen LogP contribution in [0.1, 0.15) is 22.9 Å². The summed E-state index contributed by atoms with van der Waals surface area (Å²) in [4.78, 5) is 1.13. The summed E-state index contributed by atoms with van der Waals surface area (Å²) in [6.45, 7) is 1.40. The second kappa shape index (κ2) is 5.53. The second-order valence-corrected chi connectivity index (χ2v) is 6.26. The van der Waals surface area contributed by atoms with Crippen molar-refractivity contribution in [1.29, 1.82) is 0 Å². The Labute approximate surface area is 124 Å². The molecule has 2 heterocycles. The molecule has 1 aromatic carbocycles. The van der Waals surface area contributed by atoms with Gasteiger partial charge in [-0.15, -0.1) is 11.3 Å². The number of ether oxygens (including phenoxy) is 2. The molecular formula is C14H14BrNO2S. The van der Waals surface area contributed by atoms with E-state index in [1.807, 2.05) is 23.6 Å². The number of benzene rings is 1. The Morgan fingerprint density at radius 1 is 1.16 bits per heavy atom. The third-order valence-electron chi connectivity index (χ3n) is 3.02. The lowest BCUT2D eigenvalue weighted by molar-refractivity contribution is 0.297. The van der Waals surface area contributed by atoms with Crippen molar-refractivity contribution in [3.63, 3.8) is 0 Å². The van der Waals surface area contributed by atoms with Gasteiger partial charge in [-0.3, -0.25) is 0 Å². The molecule has 5 heteroatoms. The monoisotopic (exact) mass is 339 g/mol. The highest BCUT2D eigenvalue weighted by Crippen LogP contribution is 2.35. The van der Waals surface area contributed by atoms with Crippen LogP contribution >= 0.6 is 27.3 Å². The first-order valence-electron chi connectivity index (χ1n) is 6.13. The van der Waals surface area contributed by atoms with Crippen molar-refractivity contribution in [2.24, 2.45) is 5.73 Å². The summed E-state index contributed by atoms with van der Waals surface area (Å²) in [5.74, 6) is 1.60. The van der Waals surface area contributed by atoms with Crippen LogP contribution in [0.3, 0.4) is 0 Å². The fourth-order valence-electron chi connectivity index (χ4n) is 2.03. The van der Waals surface area contributed by atoms with E-state index in [9.17, 15) is 0 Å². The van der Waals surface area contributed by atoms with E-state index in [0.717, 1.165) is 32.8 Å². The van der Waals surface area contributed by atoms with Crippen LogP contribution in [0.15, 0.2) is 34.1 Å². The molecule has 1 atom stereocenters. The molecule has 3 nitrogen and oxygen atoms in total. The number of hydrogen-bond acceptors (Lipinski definition) is 4. The number of thiophene rings is 1. The van der Waals surface area contributed by atoms with Gasteiger partial charge in [-0.1, -0.05) is 6.07 Å². The molecule has 0 aliphatic carbocycles. The van der Waals surface area contributed by atoms with Gasteiger partial charge in [0.25, 0.3) is 0 Å². The zero-order valence-corrected chi connectivity index (χ0v) is 12.7. The summed E-state index contributed by atoms with van der Waals surface area (Å²) >= 11 is 5.10. The molecule has 2 N–H and O–H groups in total. The van der Waals surface area contributed by atoms with Gasteiger partial charge in [-0.25, -0.2) is 0 Å². The van der Waals surface area contributed by atoms with Crippen LogP contribution < -0.4 is 15.2 Å². The molecule has 0 bridgehead atoms. The van der Waals surface area contributed by atoms with Crippen molar-refractivity contribution in [2.45, 2.75) is 12.5 Å². The topological polar surface area (TPSA) is 44.5 Å². The van der Waals surface area contributed by atoms with Gasteiger partial charge in [0, 0.05) is 21.2 Å². The fourth-order valence-corrected chi connectivity index (χ4v) is 3.50. The second-order valence-electron chi connectivity index (χ2n) is 4.40. The van der Waals surface area contributed by atoms with Crippen molar-refractivity contribution in [2.75, 3.05) is 13.2 Å². The molecule has 2 aromatic rings. The quantitative estimate of drug-likeness (QED) is 0.906. The molecule has 1 unspecified atom stereocenters. The van der Waals surface area contributed by atoms with Gasteiger partial charge in [0.2, 0.25) is 0 Å². The van der Waals surface area contributed by atoms with E-state index < -0.39 is 0 Å². The minimum Gasteiger partial charge on any atom is -0.490 e. The maximum absolute atomic E-state index is 6.30. The van der Waals surface area contributed by atoms with Crippen LogP contribution in [0.25, 0.3) is 0 Å². The van der Waals surface area contributed by atoms with Crippen molar-refractivity contribution in [1.82, 2.24) is 0 Å². The minimum absolute atomic E-state index is 0.131. The lowest BCUT2D eigenvalue weighted by Gasteiger charge is -2.13. The van der Waals surface area contributed by atoms with Gasteiger partial charge in [0.1, 0.15) is 0 Å². The van der Waals surface area contributed by atoms with Crippen LogP contribution in [0.2, 0.25) is 0 Å². The Balaban J connectivity index is 1.91. The van der Waals surface area contributed by atoms with Gasteiger partial charge in [-0.05, 0) is 39.7 Å². The Hall–Kier alpha value is -1.04. The average molecular weight is 340 g/mol. The van der Waals surface area contributed by atoms with E-state index in [1.54, 1.807) is 11.3 Å². The number of halogens is 1. The van der Waals surface area contributed by atoms with Crippen molar-refractivity contribution in [3.8, 4) is 11.5 Å². The van der Waals surface area contributed by atoms with Crippen LogP contribution in [0, 0.1) is 0 Å². The van der Waals surface area contributed by atoms with Gasteiger partial charge < -0.3 is 15.2 Å². The largest absolute Gasteiger partial charge is 0.490 e. The van der Waals surface area contributed by atoms with Gasteiger partial charge in [0.15, 0.2) is 11.5 Å². The summed E-state index contributed by atoms with van der Waals surface area (Å²) in [7, 11) is 0. The SMILES string of the molecule is NC(c1ccc2c(c1)OCCCO2)c1cc(Br)cs1. The third-order valence-corrected chi connectivity index (χ3v) is 4.80. The lowest BCUT2D eigenvalue weighted by atomic mass is 10.1. The Morgan fingerprint density at radius 2 is 1.95 bits per heavy atom. The zero-order chi connectivity index (χ0) is 13.2. The van der Waals surface area contributed by atoms with E-state index in [4.69, 9.17) is 15.2 Å². The minimum atomic E-state index is -0.131. The first-order chi connectivity index (χ1) is 9.24. The van der Waals surface area contributed by atoms with E-state index in [0.29, 0.717) is 13.2 Å². The molecule has 0 amide bonds. The first kappa shape index (κ1) is 13.0.